The van der Waals surface area contributed by atoms with E-state index in [4.69, 9.17) is 16.7 Å². The Morgan fingerprint density at radius 2 is 1.60 bits per heavy atom. The number of rotatable bonds is 6. The molecule has 3 rings (SSSR count). The van der Waals surface area contributed by atoms with Crippen LogP contribution in [-0.2, 0) is 6.54 Å². The molecule has 0 amide bonds. The maximum absolute atomic E-state index is 11.0. The number of hydrazine groups is 1. The van der Waals surface area contributed by atoms with Crippen molar-refractivity contribution >= 4 is 23.3 Å². The van der Waals surface area contributed by atoms with E-state index < -0.39 is 5.97 Å². The molecule has 0 spiro atoms. The van der Waals surface area contributed by atoms with Crippen molar-refractivity contribution < 1.29 is 9.90 Å². The molecular weight excluding hydrogens is 336 g/mol. The van der Waals surface area contributed by atoms with E-state index in [9.17, 15) is 4.79 Å². The third-order valence-electron chi connectivity index (χ3n) is 3.79. The van der Waals surface area contributed by atoms with Gasteiger partial charge in [0.05, 0.1) is 10.6 Å². The second-order valence-electron chi connectivity index (χ2n) is 5.54. The first-order valence-electron chi connectivity index (χ1n) is 7.79. The van der Waals surface area contributed by atoms with Gasteiger partial charge in [-0.1, -0.05) is 60.1 Å². The Morgan fingerprint density at radius 3 is 2.24 bits per heavy atom. The molecule has 0 bridgehead atoms. The Bertz CT molecular complexity index is 865. The van der Waals surface area contributed by atoms with E-state index in [1.54, 1.807) is 12.1 Å². The van der Waals surface area contributed by atoms with E-state index in [1.165, 1.54) is 6.07 Å². The van der Waals surface area contributed by atoms with Gasteiger partial charge in [0.25, 0.3) is 0 Å². The van der Waals surface area contributed by atoms with Crippen molar-refractivity contribution in [2.24, 2.45) is 0 Å². The molecule has 0 unspecified atom stereocenters. The van der Waals surface area contributed by atoms with Crippen LogP contribution in [0.1, 0.15) is 15.9 Å². The predicted octanol–water partition coefficient (Wildman–Crippen LogP) is 4.82. The average Bonchev–Trinajstić information content (AvgIpc) is 2.63. The molecule has 0 saturated heterocycles. The topological polar surface area (TPSA) is 61.4 Å². The summed E-state index contributed by atoms with van der Waals surface area (Å²) in [6.07, 6.45) is 0. The van der Waals surface area contributed by atoms with Gasteiger partial charge in [-0.3, -0.25) is 0 Å². The standard InChI is InChI=1S/C20H17ClN2O2/c21-19-12-16(10-11-18(19)20(24)25)15-8-6-14(7-9-15)13-22-23-17-4-2-1-3-5-17/h1-12,22-23H,13H2,(H,24,25). The maximum Gasteiger partial charge on any atom is 0.337 e. The number of para-hydroxylation sites is 1. The number of aromatic carboxylic acids is 1. The Hall–Kier alpha value is -2.82. The zero-order chi connectivity index (χ0) is 17.6. The van der Waals surface area contributed by atoms with Crippen LogP contribution in [0.25, 0.3) is 11.1 Å². The fourth-order valence-corrected chi connectivity index (χ4v) is 2.71. The van der Waals surface area contributed by atoms with Crippen LogP contribution in [0.4, 0.5) is 5.69 Å². The SMILES string of the molecule is O=C(O)c1ccc(-c2ccc(CNNc3ccccc3)cc2)cc1Cl. The van der Waals surface area contributed by atoms with Crippen LogP contribution in [0.5, 0.6) is 0 Å². The monoisotopic (exact) mass is 352 g/mol. The molecule has 5 heteroatoms. The number of anilines is 1. The molecule has 0 aliphatic carbocycles. The first kappa shape index (κ1) is 17.0. The molecule has 0 saturated carbocycles. The summed E-state index contributed by atoms with van der Waals surface area (Å²) in [6, 6.07) is 22.9. The summed E-state index contributed by atoms with van der Waals surface area (Å²) in [5, 5.41) is 9.27. The molecule has 25 heavy (non-hydrogen) atoms. The molecule has 126 valence electrons. The normalized spacial score (nSPS) is 10.4. The van der Waals surface area contributed by atoms with Crippen molar-refractivity contribution in [2.45, 2.75) is 6.54 Å². The van der Waals surface area contributed by atoms with Crippen molar-refractivity contribution in [2.75, 3.05) is 5.43 Å². The van der Waals surface area contributed by atoms with Crippen molar-refractivity contribution in [1.82, 2.24) is 5.43 Å². The highest BCUT2D eigenvalue weighted by Crippen LogP contribution is 2.26. The number of carboxylic acids is 1. The van der Waals surface area contributed by atoms with E-state index in [1.807, 2.05) is 54.6 Å². The lowest BCUT2D eigenvalue weighted by Crippen LogP contribution is -2.20. The van der Waals surface area contributed by atoms with E-state index in [0.29, 0.717) is 6.54 Å². The summed E-state index contributed by atoms with van der Waals surface area (Å²) >= 11 is 6.03. The minimum atomic E-state index is -1.02. The first-order valence-corrected chi connectivity index (χ1v) is 8.17. The van der Waals surface area contributed by atoms with Gasteiger partial charge in [0, 0.05) is 12.2 Å². The van der Waals surface area contributed by atoms with Crippen molar-refractivity contribution in [1.29, 1.82) is 0 Å². The molecule has 3 N–H and O–H groups in total. The minimum absolute atomic E-state index is 0.109. The second kappa shape index (κ2) is 7.83. The fraction of sp³-hybridized carbons (Fsp3) is 0.0500. The van der Waals surface area contributed by atoms with E-state index in [0.717, 1.165) is 22.4 Å². The molecule has 0 aromatic heterocycles. The van der Waals surface area contributed by atoms with Gasteiger partial charge in [-0.15, -0.1) is 0 Å². The molecule has 0 heterocycles. The Balaban J connectivity index is 1.64. The van der Waals surface area contributed by atoms with E-state index in [-0.39, 0.29) is 10.6 Å². The highest BCUT2D eigenvalue weighted by molar-refractivity contribution is 6.33. The van der Waals surface area contributed by atoms with Gasteiger partial charge in [0.2, 0.25) is 0 Å². The fourth-order valence-electron chi connectivity index (χ4n) is 2.45. The van der Waals surface area contributed by atoms with Gasteiger partial charge in [0.1, 0.15) is 0 Å². The Kier molecular flexibility index (Phi) is 5.33. The van der Waals surface area contributed by atoms with Crippen LogP contribution in [-0.4, -0.2) is 11.1 Å². The van der Waals surface area contributed by atoms with Gasteiger partial charge in [-0.05, 0) is 41.0 Å². The van der Waals surface area contributed by atoms with Gasteiger partial charge in [-0.2, -0.15) is 0 Å². The summed E-state index contributed by atoms with van der Waals surface area (Å²) in [7, 11) is 0. The number of benzene rings is 3. The minimum Gasteiger partial charge on any atom is -0.478 e. The van der Waals surface area contributed by atoms with Gasteiger partial charge >= 0.3 is 5.97 Å². The zero-order valence-corrected chi connectivity index (χ0v) is 14.1. The van der Waals surface area contributed by atoms with Crippen molar-refractivity contribution in [3.05, 3.63) is 88.9 Å². The molecule has 3 aromatic rings. The van der Waals surface area contributed by atoms with Crippen LogP contribution in [0.15, 0.2) is 72.8 Å². The van der Waals surface area contributed by atoms with Gasteiger partial charge < -0.3 is 10.5 Å². The summed E-state index contributed by atoms with van der Waals surface area (Å²) in [6.45, 7) is 0.674. The molecule has 0 fully saturated rings. The predicted molar refractivity (Wildman–Crippen MR) is 101 cm³/mol. The summed E-state index contributed by atoms with van der Waals surface area (Å²) in [5.74, 6) is -1.02. The largest absolute Gasteiger partial charge is 0.478 e. The number of carboxylic acid groups (broad SMARTS) is 1. The van der Waals surface area contributed by atoms with E-state index in [2.05, 4.69) is 10.9 Å². The first-order chi connectivity index (χ1) is 12.1. The summed E-state index contributed by atoms with van der Waals surface area (Å²) < 4.78 is 0. The molecule has 0 aliphatic heterocycles. The molecule has 4 nitrogen and oxygen atoms in total. The number of nitrogens with one attached hydrogen (secondary N) is 2. The van der Waals surface area contributed by atoms with Crippen LogP contribution in [0.2, 0.25) is 5.02 Å². The third kappa shape index (κ3) is 4.38. The van der Waals surface area contributed by atoms with Crippen LogP contribution < -0.4 is 10.9 Å². The average molecular weight is 353 g/mol. The highest BCUT2D eigenvalue weighted by Gasteiger charge is 2.09. The third-order valence-corrected chi connectivity index (χ3v) is 4.10. The van der Waals surface area contributed by atoms with Gasteiger partial charge in [0.15, 0.2) is 0 Å². The lowest BCUT2D eigenvalue weighted by Gasteiger charge is -2.09. The molecular formula is C20H17ClN2O2. The number of hydrogen-bond acceptors (Lipinski definition) is 3. The Labute approximate surface area is 151 Å². The van der Waals surface area contributed by atoms with Crippen molar-refractivity contribution in [3.8, 4) is 11.1 Å². The number of halogens is 1. The zero-order valence-electron chi connectivity index (χ0n) is 13.4. The van der Waals surface area contributed by atoms with Crippen molar-refractivity contribution in [3.63, 3.8) is 0 Å². The van der Waals surface area contributed by atoms with E-state index >= 15 is 0 Å². The van der Waals surface area contributed by atoms with Crippen LogP contribution in [0, 0.1) is 0 Å². The summed E-state index contributed by atoms with van der Waals surface area (Å²) in [4.78, 5) is 11.0. The quantitative estimate of drug-likeness (QED) is 0.556. The Morgan fingerprint density at radius 1 is 0.920 bits per heavy atom. The second-order valence-corrected chi connectivity index (χ2v) is 5.95. The lowest BCUT2D eigenvalue weighted by atomic mass is 10.0. The molecule has 3 aromatic carbocycles. The van der Waals surface area contributed by atoms with Gasteiger partial charge in [-0.25, -0.2) is 10.2 Å². The molecule has 0 radical (unpaired) electrons. The van der Waals surface area contributed by atoms with Crippen LogP contribution in [0.3, 0.4) is 0 Å². The lowest BCUT2D eigenvalue weighted by molar-refractivity contribution is 0.0697. The molecule has 0 atom stereocenters. The summed E-state index contributed by atoms with van der Waals surface area (Å²) in [5.41, 5.74) is 10.4. The number of hydrogen-bond donors (Lipinski definition) is 3. The highest BCUT2D eigenvalue weighted by atomic mass is 35.5. The molecule has 0 aliphatic rings. The number of carbonyl (C=O) groups is 1. The smallest absolute Gasteiger partial charge is 0.337 e. The maximum atomic E-state index is 11.0. The van der Waals surface area contributed by atoms with Crippen LogP contribution >= 0.6 is 11.6 Å².